The Balaban J connectivity index is 2.46. The predicted octanol–water partition coefficient (Wildman–Crippen LogP) is 2.68. The third-order valence-corrected chi connectivity index (χ3v) is 7.77. The van der Waals surface area contributed by atoms with Gasteiger partial charge in [-0.15, -0.1) is 0 Å². The number of carbonyl (C=O) groups is 3. The number of allylic oxidation sites excluding steroid dienone is 1. The first kappa shape index (κ1) is 24.6. The van der Waals surface area contributed by atoms with Crippen molar-refractivity contribution in [2.24, 2.45) is 5.92 Å². The first-order valence-corrected chi connectivity index (χ1v) is 12.0. The van der Waals surface area contributed by atoms with Gasteiger partial charge in [-0.1, -0.05) is 12.2 Å². The van der Waals surface area contributed by atoms with E-state index in [1.54, 1.807) is 39.8 Å². The number of amides is 1. The van der Waals surface area contributed by atoms with E-state index in [4.69, 9.17) is 18.5 Å². The number of carbonyl (C=O) groups excluding carboxylic acids is 3. The second-order valence-electron chi connectivity index (χ2n) is 7.49. The topological polar surface area (TPSA) is 108 Å². The van der Waals surface area contributed by atoms with Gasteiger partial charge in [-0.25, -0.2) is 4.79 Å². The van der Waals surface area contributed by atoms with Gasteiger partial charge in [0.2, 0.25) is 5.91 Å². The Morgan fingerprint density at radius 2 is 1.83 bits per heavy atom. The molecule has 0 N–H and O–H groups in total. The molecule has 4 atom stereocenters. The highest BCUT2D eigenvalue weighted by Gasteiger charge is 2.53. The monoisotopic (exact) mass is 445 g/mol. The van der Waals surface area contributed by atoms with Crippen LogP contribution in [0.5, 0.6) is 0 Å². The van der Waals surface area contributed by atoms with Gasteiger partial charge in [-0.05, 0) is 40.5 Å². The number of hydrogen-bond donors (Lipinski definition) is 0. The highest BCUT2D eigenvalue weighted by molar-refractivity contribution is 7.54. The van der Waals surface area contributed by atoms with Crippen molar-refractivity contribution < 1.29 is 37.5 Å². The largest absolute Gasteiger partial charge is 0.469 e. The summed E-state index contributed by atoms with van der Waals surface area (Å²) in [5.74, 6) is -2.43. The quantitative estimate of drug-likeness (QED) is 0.303. The zero-order valence-corrected chi connectivity index (χ0v) is 19.1. The molecule has 0 bridgehead atoms. The van der Waals surface area contributed by atoms with Crippen molar-refractivity contribution in [3.8, 4) is 0 Å². The molecule has 9 nitrogen and oxygen atoms in total. The Morgan fingerprint density at radius 1 is 1.20 bits per heavy atom. The number of nitrogens with zero attached hydrogens (tertiary/aromatic N) is 1. The van der Waals surface area contributed by atoms with Gasteiger partial charge >= 0.3 is 19.5 Å². The van der Waals surface area contributed by atoms with Crippen LogP contribution in [0.15, 0.2) is 12.2 Å². The summed E-state index contributed by atoms with van der Waals surface area (Å²) >= 11 is 0. The minimum absolute atomic E-state index is 0.141. The second kappa shape index (κ2) is 10.6. The summed E-state index contributed by atoms with van der Waals surface area (Å²) in [5.41, 5.74) is -0.838. The summed E-state index contributed by atoms with van der Waals surface area (Å²) in [6.45, 7) is 7.12. The van der Waals surface area contributed by atoms with Crippen LogP contribution in [0, 0.1) is 5.92 Å². The van der Waals surface area contributed by atoms with Crippen molar-refractivity contribution in [2.75, 3.05) is 20.3 Å². The average molecular weight is 445 g/mol. The molecular formula is C20H32NO8P. The smallest absolute Gasteiger partial charge is 0.334 e. The lowest BCUT2D eigenvalue weighted by Gasteiger charge is -2.41. The SMILES string of the molecule is CCOP(=O)(OCC)[C@@H]1CC=C[C@@H](N2C(=O)CC[C@H]2C(=O)OC(C)C)[C@H]1C(=O)OC. The molecule has 1 heterocycles. The van der Waals surface area contributed by atoms with Crippen LogP contribution in [0.1, 0.15) is 47.0 Å². The molecule has 30 heavy (non-hydrogen) atoms. The van der Waals surface area contributed by atoms with Gasteiger partial charge in [-0.2, -0.15) is 0 Å². The molecule has 2 aliphatic rings. The van der Waals surface area contributed by atoms with E-state index in [9.17, 15) is 18.9 Å². The third-order valence-electron chi connectivity index (χ3n) is 5.19. The Morgan fingerprint density at radius 3 is 2.37 bits per heavy atom. The minimum atomic E-state index is -3.69. The Hall–Kier alpha value is -1.70. The Bertz CT molecular complexity index is 712. The molecule has 0 aromatic rings. The van der Waals surface area contributed by atoms with Gasteiger partial charge in [-0.3, -0.25) is 14.2 Å². The van der Waals surface area contributed by atoms with E-state index in [1.165, 1.54) is 12.0 Å². The zero-order chi connectivity index (χ0) is 22.5. The van der Waals surface area contributed by atoms with Gasteiger partial charge in [0.25, 0.3) is 0 Å². The molecule has 1 saturated heterocycles. The summed E-state index contributed by atoms with van der Waals surface area (Å²) in [4.78, 5) is 39.6. The molecule has 0 radical (unpaired) electrons. The number of rotatable bonds is 9. The number of esters is 2. The first-order valence-electron chi connectivity index (χ1n) is 10.3. The molecule has 0 unspecified atom stereocenters. The Labute approximate surface area is 177 Å². The van der Waals surface area contributed by atoms with Crippen LogP contribution in [0.25, 0.3) is 0 Å². The standard InChI is InChI=1S/C20H32NO8P/c1-6-27-30(25,28-7-2)16-10-8-9-14(18(16)20(24)26-5)21-15(11-12-17(21)22)19(23)29-13(3)4/h8-9,13-16,18H,6-7,10-12H2,1-5H3/t14-,15+,16-,18-/m1/s1. The molecule has 0 saturated carbocycles. The lowest BCUT2D eigenvalue weighted by atomic mass is 9.87. The van der Waals surface area contributed by atoms with Crippen LogP contribution >= 0.6 is 7.60 Å². The van der Waals surface area contributed by atoms with Gasteiger partial charge in [0, 0.05) is 6.42 Å². The van der Waals surface area contributed by atoms with Crippen molar-refractivity contribution in [3.63, 3.8) is 0 Å². The predicted molar refractivity (Wildman–Crippen MR) is 109 cm³/mol. The maximum absolute atomic E-state index is 13.5. The van der Waals surface area contributed by atoms with Gasteiger partial charge in [0.05, 0.1) is 44.0 Å². The van der Waals surface area contributed by atoms with Crippen LogP contribution in [-0.4, -0.2) is 66.9 Å². The molecular weight excluding hydrogens is 413 g/mol. The van der Waals surface area contributed by atoms with Crippen LogP contribution < -0.4 is 0 Å². The van der Waals surface area contributed by atoms with Crippen molar-refractivity contribution >= 4 is 25.4 Å². The number of methoxy groups -OCH3 is 1. The van der Waals surface area contributed by atoms with Crippen LogP contribution in [0.4, 0.5) is 0 Å². The van der Waals surface area contributed by atoms with Crippen molar-refractivity contribution in [3.05, 3.63) is 12.2 Å². The van der Waals surface area contributed by atoms with Crippen LogP contribution in [0.2, 0.25) is 0 Å². The normalized spacial score (nSPS) is 26.9. The van der Waals surface area contributed by atoms with Crippen LogP contribution in [0.3, 0.4) is 0 Å². The Kier molecular flexibility index (Phi) is 8.64. The van der Waals surface area contributed by atoms with Crippen molar-refractivity contribution in [2.45, 2.75) is 70.8 Å². The molecule has 170 valence electrons. The lowest BCUT2D eigenvalue weighted by Crippen LogP contribution is -2.54. The maximum atomic E-state index is 13.5. The molecule has 10 heteroatoms. The molecule has 1 aliphatic carbocycles. The van der Waals surface area contributed by atoms with Gasteiger partial charge in [0.1, 0.15) is 6.04 Å². The molecule has 1 aliphatic heterocycles. The van der Waals surface area contributed by atoms with Crippen LogP contribution in [-0.2, 0) is 37.5 Å². The fourth-order valence-corrected chi connectivity index (χ4v) is 6.33. The van der Waals surface area contributed by atoms with Crippen molar-refractivity contribution in [1.82, 2.24) is 4.90 Å². The van der Waals surface area contributed by atoms with Gasteiger partial charge in [0.15, 0.2) is 0 Å². The highest BCUT2D eigenvalue weighted by atomic mass is 31.2. The summed E-state index contributed by atoms with van der Waals surface area (Å²) < 4.78 is 34.8. The maximum Gasteiger partial charge on any atom is 0.334 e. The first-order chi connectivity index (χ1) is 14.2. The summed E-state index contributed by atoms with van der Waals surface area (Å²) in [5, 5.41) is 0. The molecule has 1 fully saturated rings. The zero-order valence-electron chi connectivity index (χ0n) is 18.2. The van der Waals surface area contributed by atoms with E-state index in [-0.39, 0.29) is 38.1 Å². The third kappa shape index (κ3) is 5.13. The van der Waals surface area contributed by atoms with Crippen molar-refractivity contribution in [1.29, 1.82) is 0 Å². The fourth-order valence-electron chi connectivity index (χ4n) is 4.08. The van der Waals surface area contributed by atoms with E-state index in [1.807, 2.05) is 0 Å². The summed E-state index contributed by atoms with van der Waals surface area (Å²) in [6, 6.07) is -1.64. The fraction of sp³-hybridized carbons (Fsp3) is 0.750. The molecule has 0 aromatic heterocycles. The van der Waals surface area contributed by atoms with E-state index in [0.29, 0.717) is 6.42 Å². The number of likely N-dealkylation sites (tertiary alicyclic amines) is 1. The number of hydrogen-bond acceptors (Lipinski definition) is 8. The summed E-state index contributed by atoms with van der Waals surface area (Å²) in [6.07, 6.45) is 3.82. The minimum Gasteiger partial charge on any atom is -0.469 e. The van der Waals surface area contributed by atoms with E-state index >= 15 is 0 Å². The van der Waals surface area contributed by atoms with E-state index in [2.05, 4.69) is 0 Å². The highest BCUT2D eigenvalue weighted by Crippen LogP contribution is 2.59. The van der Waals surface area contributed by atoms with E-state index in [0.717, 1.165) is 0 Å². The average Bonchev–Trinajstić information content (AvgIpc) is 3.08. The number of ether oxygens (including phenoxy) is 2. The molecule has 1 amide bonds. The second-order valence-corrected chi connectivity index (χ2v) is 9.75. The summed E-state index contributed by atoms with van der Waals surface area (Å²) in [7, 11) is -2.45. The molecule has 0 spiro atoms. The molecule has 0 aromatic carbocycles. The van der Waals surface area contributed by atoms with E-state index < -0.39 is 43.2 Å². The molecule has 2 rings (SSSR count). The van der Waals surface area contributed by atoms with Gasteiger partial charge < -0.3 is 23.4 Å². The lowest BCUT2D eigenvalue weighted by molar-refractivity contribution is -0.159.